The fourth-order valence-electron chi connectivity index (χ4n) is 6.58. The van der Waals surface area contributed by atoms with Crippen molar-refractivity contribution in [3.05, 3.63) is 35.8 Å². The fraction of sp³-hybridized carbons (Fsp3) is 0.667. The van der Waals surface area contributed by atoms with Crippen molar-refractivity contribution in [3.8, 4) is 0 Å². The van der Waals surface area contributed by atoms with E-state index in [4.69, 9.17) is 13.9 Å². The SMILES string of the molecule is C=C1CC[C@@H]2[C@](C)(CCC[C@]2(C)C(=O)OC)[C@H]1CCc1ccoc1C(=O)C(C)C(=O)OCC. The number of ketones is 1. The molecule has 0 aromatic carbocycles. The topological polar surface area (TPSA) is 82.8 Å². The van der Waals surface area contributed by atoms with E-state index in [-0.39, 0.29) is 41.4 Å². The first-order chi connectivity index (χ1) is 15.6. The molecule has 0 radical (unpaired) electrons. The summed E-state index contributed by atoms with van der Waals surface area (Å²) in [5, 5.41) is 0. The lowest BCUT2D eigenvalue weighted by Crippen LogP contribution is -2.53. The molecule has 0 amide bonds. The third-order valence-electron chi connectivity index (χ3n) is 8.38. The van der Waals surface area contributed by atoms with Gasteiger partial charge >= 0.3 is 11.9 Å². The van der Waals surface area contributed by atoms with E-state index in [1.54, 1.807) is 13.8 Å². The zero-order valence-corrected chi connectivity index (χ0v) is 20.7. The highest BCUT2D eigenvalue weighted by atomic mass is 16.5. The van der Waals surface area contributed by atoms with Gasteiger partial charge in [0.1, 0.15) is 5.92 Å². The summed E-state index contributed by atoms with van der Waals surface area (Å²) in [6.07, 6.45) is 7.70. The van der Waals surface area contributed by atoms with Gasteiger partial charge in [0, 0.05) is 5.56 Å². The molecular formula is C27H38O6. The fourth-order valence-corrected chi connectivity index (χ4v) is 6.58. The standard InChI is InChI=1S/C27H38O6/c1-7-32-24(29)18(3)22(28)23-19(13-16-33-23)10-11-20-17(2)9-12-21-26(20,4)14-8-15-27(21,5)25(30)31-6/h13,16,18,20-21H,2,7-12,14-15H2,1,3-6H3/t18?,20-,21+,26+,27-/m0/s1. The van der Waals surface area contributed by atoms with Crippen LogP contribution in [0.25, 0.3) is 0 Å². The third-order valence-corrected chi connectivity index (χ3v) is 8.38. The number of rotatable bonds is 8. The van der Waals surface area contributed by atoms with Crippen molar-refractivity contribution >= 4 is 17.7 Å². The highest BCUT2D eigenvalue weighted by Crippen LogP contribution is 2.62. The van der Waals surface area contributed by atoms with Crippen LogP contribution >= 0.6 is 0 Å². The summed E-state index contributed by atoms with van der Waals surface area (Å²) in [6, 6.07) is 1.82. The summed E-state index contributed by atoms with van der Waals surface area (Å²) in [5.74, 6) is -1.19. The van der Waals surface area contributed by atoms with Crippen molar-refractivity contribution in [2.24, 2.45) is 28.6 Å². The summed E-state index contributed by atoms with van der Waals surface area (Å²) < 4.78 is 15.7. The van der Waals surface area contributed by atoms with Gasteiger partial charge in [-0.25, -0.2) is 0 Å². The smallest absolute Gasteiger partial charge is 0.316 e. The molecular weight excluding hydrogens is 420 g/mol. The second-order valence-corrected chi connectivity index (χ2v) is 10.2. The molecule has 2 aliphatic carbocycles. The number of ether oxygens (including phenoxy) is 2. The molecule has 0 aliphatic heterocycles. The van der Waals surface area contributed by atoms with Gasteiger partial charge in [-0.3, -0.25) is 14.4 Å². The molecule has 0 bridgehead atoms. The number of hydrogen-bond acceptors (Lipinski definition) is 6. The first kappa shape index (κ1) is 25.3. The molecule has 33 heavy (non-hydrogen) atoms. The number of Topliss-reactive ketones (excluding diaryl/α,β-unsaturated/α-hetero) is 1. The van der Waals surface area contributed by atoms with Gasteiger partial charge in [0.05, 0.1) is 25.4 Å². The third kappa shape index (κ3) is 4.53. The maximum atomic E-state index is 12.9. The van der Waals surface area contributed by atoms with Crippen LogP contribution in [0.2, 0.25) is 0 Å². The highest BCUT2D eigenvalue weighted by Gasteiger charge is 2.57. The first-order valence-electron chi connectivity index (χ1n) is 12.1. The van der Waals surface area contributed by atoms with Gasteiger partial charge in [-0.2, -0.15) is 0 Å². The Balaban J connectivity index is 1.80. The van der Waals surface area contributed by atoms with Crippen LogP contribution in [-0.4, -0.2) is 31.4 Å². The molecule has 182 valence electrons. The summed E-state index contributed by atoms with van der Waals surface area (Å²) >= 11 is 0. The van der Waals surface area contributed by atoms with E-state index in [0.717, 1.165) is 44.1 Å². The van der Waals surface area contributed by atoms with Crippen LogP contribution in [0.15, 0.2) is 28.9 Å². The second kappa shape index (κ2) is 9.86. The summed E-state index contributed by atoms with van der Waals surface area (Å²) in [6.45, 7) is 12.3. The number of esters is 2. The van der Waals surface area contributed by atoms with E-state index in [0.29, 0.717) is 6.42 Å². The number of hydrogen-bond donors (Lipinski definition) is 0. The molecule has 1 aromatic heterocycles. The van der Waals surface area contributed by atoms with Crippen LogP contribution in [-0.2, 0) is 25.5 Å². The largest absolute Gasteiger partial charge is 0.469 e. The van der Waals surface area contributed by atoms with Crippen molar-refractivity contribution in [1.29, 1.82) is 0 Å². The molecule has 6 heteroatoms. The Kier molecular flexibility index (Phi) is 7.55. The van der Waals surface area contributed by atoms with Crippen LogP contribution in [0, 0.1) is 28.6 Å². The molecule has 5 atom stereocenters. The van der Waals surface area contributed by atoms with Crippen LogP contribution in [0.3, 0.4) is 0 Å². The Labute approximate surface area is 197 Å². The number of carbonyl (C=O) groups excluding carboxylic acids is 3. The van der Waals surface area contributed by atoms with E-state index < -0.39 is 17.3 Å². The molecule has 1 unspecified atom stereocenters. The zero-order valence-electron chi connectivity index (χ0n) is 20.7. The second-order valence-electron chi connectivity index (χ2n) is 10.2. The maximum Gasteiger partial charge on any atom is 0.316 e. The summed E-state index contributed by atoms with van der Waals surface area (Å²) in [7, 11) is 1.48. The van der Waals surface area contributed by atoms with Gasteiger partial charge in [0.25, 0.3) is 0 Å². The Morgan fingerprint density at radius 1 is 1.27 bits per heavy atom. The molecule has 1 heterocycles. The molecule has 0 N–H and O–H groups in total. The van der Waals surface area contributed by atoms with Gasteiger partial charge in [-0.1, -0.05) is 25.5 Å². The minimum absolute atomic E-state index is 0.0529. The summed E-state index contributed by atoms with van der Waals surface area (Å²) in [5.41, 5.74) is 1.50. The quantitative estimate of drug-likeness (QED) is 0.220. The number of aryl methyl sites for hydroxylation is 1. The molecule has 0 saturated heterocycles. The van der Waals surface area contributed by atoms with Crippen molar-refractivity contribution in [2.75, 3.05) is 13.7 Å². The van der Waals surface area contributed by atoms with E-state index in [9.17, 15) is 14.4 Å². The number of methoxy groups -OCH3 is 1. The van der Waals surface area contributed by atoms with E-state index >= 15 is 0 Å². The first-order valence-corrected chi connectivity index (χ1v) is 12.1. The maximum absolute atomic E-state index is 12.9. The van der Waals surface area contributed by atoms with E-state index in [1.807, 2.05) is 6.07 Å². The minimum Gasteiger partial charge on any atom is -0.469 e. The van der Waals surface area contributed by atoms with Crippen molar-refractivity contribution in [1.82, 2.24) is 0 Å². The molecule has 1 aromatic rings. The van der Waals surface area contributed by atoms with Crippen molar-refractivity contribution in [3.63, 3.8) is 0 Å². The number of furan rings is 1. The Bertz CT molecular complexity index is 913. The predicted molar refractivity (Wildman–Crippen MR) is 125 cm³/mol. The molecule has 2 fully saturated rings. The van der Waals surface area contributed by atoms with Crippen molar-refractivity contribution in [2.45, 2.75) is 72.6 Å². The van der Waals surface area contributed by atoms with Gasteiger partial charge in [0.15, 0.2) is 5.76 Å². The Morgan fingerprint density at radius 2 is 2.00 bits per heavy atom. The number of allylic oxidation sites excluding steroid dienone is 1. The minimum atomic E-state index is -0.902. The van der Waals surface area contributed by atoms with E-state index in [2.05, 4.69) is 20.4 Å². The normalized spacial score (nSPS) is 30.3. The van der Waals surface area contributed by atoms with Crippen LogP contribution in [0.4, 0.5) is 0 Å². The van der Waals surface area contributed by atoms with E-state index in [1.165, 1.54) is 18.9 Å². The van der Waals surface area contributed by atoms with Crippen LogP contribution < -0.4 is 0 Å². The molecule has 3 rings (SSSR count). The van der Waals surface area contributed by atoms with Gasteiger partial charge in [0.2, 0.25) is 5.78 Å². The molecule has 2 aliphatic rings. The molecule has 6 nitrogen and oxygen atoms in total. The molecule has 0 spiro atoms. The Hall–Kier alpha value is -2.37. The van der Waals surface area contributed by atoms with Crippen molar-refractivity contribution < 1.29 is 28.3 Å². The average Bonchev–Trinajstić information content (AvgIpc) is 3.25. The Morgan fingerprint density at radius 3 is 2.67 bits per heavy atom. The van der Waals surface area contributed by atoms with Gasteiger partial charge in [-0.15, -0.1) is 0 Å². The summed E-state index contributed by atoms with van der Waals surface area (Å²) in [4.78, 5) is 37.7. The lowest BCUT2D eigenvalue weighted by atomic mass is 9.46. The number of carbonyl (C=O) groups is 3. The zero-order chi connectivity index (χ0) is 24.4. The predicted octanol–water partition coefficient (Wildman–Crippen LogP) is 5.55. The molecule has 2 saturated carbocycles. The monoisotopic (exact) mass is 458 g/mol. The number of fused-ring (bicyclic) bond motifs is 1. The highest BCUT2D eigenvalue weighted by molar-refractivity contribution is 6.07. The van der Waals surface area contributed by atoms with Crippen LogP contribution in [0.5, 0.6) is 0 Å². The van der Waals surface area contributed by atoms with Gasteiger partial charge < -0.3 is 13.9 Å². The van der Waals surface area contributed by atoms with Gasteiger partial charge in [-0.05, 0) is 82.6 Å². The lowest BCUT2D eigenvalue weighted by molar-refractivity contribution is -0.168. The lowest BCUT2D eigenvalue weighted by Gasteiger charge is -2.57. The van der Waals surface area contributed by atoms with Crippen LogP contribution in [0.1, 0.15) is 82.3 Å². The average molecular weight is 459 g/mol.